The Balaban J connectivity index is 0.00000264. The van der Waals surface area contributed by atoms with Gasteiger partial charge in [-0.25, -0.2) is 4.99 Å². The number of nitrogens with one attached hydrogen (secondary N) is 2. The van der Waals surface area contributed by atoms with Crippen LogP contribution in [0.3, 0.4) is 0 Å². The van der Waals surface area contributed by atoms with Crippen LogP contribution in [0.5, 0.6) is 5.75 Å². The van der Waals surface area contributed by atoms with Crippen LogP contribution in [0.2, 0.25) is 0 Å². The molecule has 0 saturated heterocycles. The third-order valence-electron chi connectivity index (χ3n) is 3.25. The van der Waals surface area contributed by atoms with Crippen LogP contribution < -0.4 is 15.4 Å². The highest BCUT2D eigenvalue weighted by atomic mass is 127. The zero-order valence-corrected chi connectivity index (χ0v) is 16.1. The Morgan fingerprint density at radius 2 is 2.09 bits per heavy atom. The molecule has 2 rings (SSSR count). The van der Waals surface area contributed by atoms with Crippen molar-refractivity contribution >= 4 is 29.9 Å². The van der Waals surface area contributed by atoms with Gasteiger partial charge in [-0.2, -0.15) is 0 Å². The summed E-state index contributed by atoms with van der Waals surface area (Å²) in [6.45, 7) is 6.07. The Labute approximate surface area is 154 Å². The van der Waals surface area contributed by atoms with Crippen LogP contribution in [0.1, 0.15) is 23.8 Å². The standard InChI is InChI=1S/C17H23N3O2.HI/c1-4-18-17(20-12-15-6-5-9-22-15)19-11-14-8-7-13(2)16(10-14)21-3;/h5-10H,4,11-12H2,1-3H3,(H2,18,19,20);1H. The molecule has 1 aromatic carbocycles. The van der Waals surface area contributed by atoms with Crippen LogP contribution in [0.15, 0.2) is 46.0 Å². The molecule has 0 aliphatic carbocycles. The number of furan rings is 1. The minimum Gasteiger partial charge on any atom is -0.496 e. The molecule has 1 heterocycles. The van der Waals surface area contributed by atoms with Gasteiger partial charge in [0.1, 0.15) is 11.5 Å². The van der Waals surface area contributed by atoms with Gasteiger partial charge in [0.05, 0.1) is 26.5 Å². The third kappa shape index (κ3) is 6.13. The predicted molar refractivity (Wildman–Crippen MR) is 104 cm³/mol. The second kappa shape index (κ2) is 10.1. The quantitative estimate of drug-likeness (QED) is 0.420. The van der Waals surface area contributed by atoms with Crippen LogP contribution >= 0.6 is 24.0 Å². The molecule has 5 nitrogen and oxygen atoms in total. The van der Waals surface area contributed by atoms with Crippen LogP contribution in [0, 0.1) is 6.92 Å². The van der Waals surface area contributed by atoms with Crippen molar-refractivity contribution in [1.29, 1.82) is 0 Å². The van der Waals surface area contributed by atoms with E-state index in [1.807, 2.05) is 38.1 Å². The fourth-order valence-electron chi connectivity index (χ4n) is 2.06. The molecule has 23 heavy (non-hydrogen) atoms. The highest BCUT2D eigenvalue weighted by Crippen LogP contribution is 2.19. The molecule has 0 fully saturated rings. The van der Waals surface area contributed by atoms with E-state index in [0.29, 0.717) is 13.1 Å². The van der Waals surface area contributed by atoms with Crippen molar-refractivity contribution in [3.8, 4) is 5.75 Å². The van der Waals surface area contributed by atoms with Crippen molar-refractivity contribution in [3.05, 3.63) is 53.5 Å². The van der Waals surface area contributed by atoms with Crippen molar-refractivity contribution < 1.29 is 9.15 Å². The van der Waals surface area contributed by atoms with E-state index < -0.39 is 0 Å². The van der Waals surface area contributed by atoms with E-state index in [2.05, 4.69) is 21.7 Å². The summed E-state index contributed by atoms with van der Waals surface area (Å²) in [5.74, 6) is 2.53. The molecular weight excluding hydrogens is 405 g/mol. The summed E-state index contributed by atoms with van der Waals surface area (Å²) < 4.78 is 10.7. The van der Waals surface area contributed by atoms with E-state index in [0.717, 1.165) is 35.1 Å². The summed E-state index contributed by atoms with van der Waals surface area (Å²) in [5, 5.41) is 6.47. The zero-order chi connectivity index (χ0) is 15.8. The number of benzene rings is 1. The van der Waals surface area contributed by atoms with Crippen LogP contribution in [0.4, 0.5) is 0 Å². The number of methoxy groups -OCH3 is 1. The number of guanidine groups is 1. The van der Waals surface area contributed by atoms with Gasteiger partial charge >= 0.3 is 0 Å². The second-order valence-electron chi connectivity index (χ2n) is 4.93. The van der Waals surface area contributed by atoms with Gasteiger partial charge in [-0.3, -0.25) is 0 Å². The first-order valence-corrected chi connectivity index (χ1v) is 7.41. The monoisotopic (exact) mass is 429 g/mol. The number of aliphatic imine (C=N–C) groups is 1. The number of halogens is 1. The normalized spacial score (nSPS) is 10.8. The van der Waals surface area contributed by atoms with E-state index in [9.17, 15) is 0 Å². The Morgan fingerprint density at radius 3 is 2.74 bits per heavy atom. The largest absolute Gasteiger partial charge is 0.496 e. The molecule has 0 aliphatic heterocycles. The van der Waals surface area contributed by atoms with Gasteiger partial charge in [-0.1, -0.05) is 12.1 Å². The minimum atomic E-state index is 0. The Morgan fingerprint density at radius 1 is 1.26 bits per heavy atom. The highest BCUT2D eigenvalue weighted by Gasteiger charge is 2.02. The van der Waals surface area contributed by atoms with Gasteiger partial charge in [-0.15, -0.1) is 24.0 Å². The summed E-state index contributed by atoms with van der Waals surface area (Å²) in [6, 6.07) is 9.94. The van der Waals surface area contributed by atoms with Gasteiger partial charge in [0, 0.05) is 6.54 Å². The summed E-state index contributed by atoms with van der Waals surface area (Å²) >= 11 is 0. The number of aryl methyl sites for hydroxylation is 1. The summed E-state index contributed by atoms with van der Waals surface area (Å²) in [6.07, 6.45) is 1.67. The minimum absolute atomic E-state index is 0. The smallest absolute Gasteiger partial charge is 0.191 e. The lowest BCUT2D eigenvalue weighted by molar-refractivity contribution is 0.411. The van der Waals surface area contributed by atoms with Crippen molar-refractivity contribution in [3.63, 3.8) is 0 Å². The number of rotatable bonds is 6. The first-order chi connectivity index (χ1) is 10.7. The van der Waals surface area contributed by atoms with Gasteiger partial charge in [0.2, 0.25) is 0 Å². The Hall–Kier alpha value is -1.70. The first-order valence-electron chi connectivity index (χ1n) is 7.41. The lowest BCUT2D eigenvalue weighted by Gasteiger charge is -2.11. The lowest BCUT2D eigenvalue weighted by Crippen LogP contribution is -2.36. The molecule has 0 saturated carbocycles. The van der Waals surface area contributed by atoms with Crippen molar-refractivity contribution in [2.75, 3.05) is 13.7 Å². The molecule has 2 N–H and O–H groups in total. The molecule has 6 heteroatoms. The Kier molecular flexibility index (Phi) is 8.53. The van der Waals surface area contributed by atoms with Crippen molar-refractivity contribution in [2.24, 2.45) is 4.99 Å². The summed E-state index contributed by atoms with van der Waals surface area (Å²) in [7, 11) is 1.68. The van der Waals surface area contributed by atoms with Crippen LogP contribution in [-0.2, 0) is 13.1 Å². The average molecular weight is 429 g/mol. The fourth-order valence-corrected chi connectivity index (χ4v) is 2.06. The zero-order valence-electron chi connectivity index (χ0n) is 13.8. The Bertz CT molecular complexity index is 612. The van der Waals surface area contributed by atoms with Gasteiger partial charge in [0.15, 0.2) is 5.96 Å². The van der Waals surface area contributed by atoms with Gasteiger partial charge in [0.25, 0.3) is 0 Å². The molecule has 2 aromatic rings. The lowest BCUT2D eigenvalue weighted by atomic mass is 10.1. The maximum Gasteiger partial charge on any atom is 0.191 e. The SMILES string of the molecule is CCNC(=NCc1ccc(C)c(OC)c1)NCc1ccco1.I. The number of hydrogen-bond acceptors (Lipinski definition) is 3. The molecule has 0 amide bonds. The maximum atomic E-state index is 5.34. The molecule has 0 spiro atoms. The molecule has 0 bridgehead atoms. The number of nitrogens with zero attached hydrogens (tertiary/aromatic N) is 1. The summed E-state index contributed by atoms with van der Waals surface area (Å²) in [4.78, 5) is 4.59. The summed E-state index contributed by atoms with van der Waals surface area (Å²) in [5.41, 5.74) is 2.23. The number of hydrogen-bond donors (Lipinski definition) is 2. The highest BCUT2D eigenvalue weighted by molar-refractivity contribution is 14.0. The van der Waals surface area contributed by atoms with E-state index >= 15 is 0 Å². The van der Waals surface area contributed by atoms with E-state index in [4.69, 9.17) is 9.15 Å². The predicted octanol–water partition coefficient (Wildman–Crippen LogP) is 3.47. The van der Waals surface area contributed by atoms with Crippen LogP contribution in [-0.4, -0.2) is 19.6 Å². The van der Waals surface area contributed by atoms with Crippen molar-refractivity contribution in [1.82, 2.24) is 10.6 Å². The molecule has 1 aromatic heterocycles. The van der Waals surface area contributed by atoms with Gasteiger partial charge in [-0.05, 0) is 43.2 Å². The van der Waals surface area contributed by atoms with Crippen LogP contribution in [0.25, 0.3) is 0 Å². The fraction of sp³-hybridized carbons (Fsp3) is 0.353. The molecule has 0 unspecified atom stereocenters. The van der Waals surface area contributed by atoms with E-state index in [1.54, 1.807) is 13.4 Å². The third-order valence-corrected chi connectivity index (χ3v) is 3.25. The topological polar surface area (TPSA) is 58.8 Å². The van der Waals surface area contributed by atoms with E-state index in [-0.39, 0.29) is 24.0 Å². The maximum absolute atomic E-state index is 5.34. The van der Waals surface area contributed by atoms with E-state index in [1.165, 1.54) is 0 Å². The molecule has 0 radical (unpaired) electrons. The average Bonchev–Trinajstić information content (AvgIpc) is 3.04. The van der Waals surface area contributed by atoms with Crippen molar-refractivity contribution in [2.45, 2.75) is 26.9 Å². The molecule has 0 atom stereocenters. The molecule has 126 valence electrons. The second-order valence-corrected chi connectivity index (χ2v) is 4.93. The van der Waals surface area contributed by atoms with Gasteiger partial charge < -0.3 is 19.8 Å². The molecular formula is C17H24IN3O2. The number of ether oxygens (including phenoxy) is 1. The first kappa shape index (κ1) is 19.3. The molecule has 0 aliphatic rings.